The van der Waals surface area contributed by atoms with Gasteiger partial charge in [-0.1, -0.05) is 25.8 Å². The number of hydrogen-bond acceptors (Lipinski definition) is 2. The van der Waals surface area contributed by atoms with Crippen molar-refractivity contribution >= 4 is 0 Å². The molecule has 1 aliphatic rings. The summed E-state index contributed by atoms with van der Waals surface area (Å²) in [7, 11) is 0. The number of aryl methyl sites for hydroxylation is 1. The minimum absolute atomic E-state index is 0.160. The molecule has 1 aliphatic heterocycles. The van der Waals surface area contributed by atoms with Crippen LogP contribution >= 0.6 is 0 Å². The molecule has 2 rings (SSSR count). The second kappa shape index (κ2) is 7.19. The van der Waals surface area contributed by atoms with Crippen LogP contribution in [0.2, 0.25) is 0 Å². The largest absolute Gasteiger partial charge is 0.329 e. The highest BCUT2D eigenvalue weighted by molar-refractivity contribution is 5.30. The zero-order valence-corrected chi connectivity index (χ0v) is 12.7. The molecule has 1 aromatic rings. The molecular formula is C17H27FN2. The molecule has 3 heteroatoms. The minimum Gasteiger partial charge on any atom is -0.329 e. The van der Waals surface area contributed by atoms with Gasteiger partial charge in [0, 0.05) is 12.6 Å². The van der Waals surface area contributed by atoms with Gasteiger partial charge in [-0.05, 0) is 62.0 Å². The van der Waals surface area contributed by atoms with Crippen LogP contribution in [0.25, 0.3) is 0 Å². The maximum absolute atomic E-state index is 13.5. The summed E-state index contributed by atoms with van der Waals surface area (Å²) >= 11 is 0. The van der Waals surface area contributed by atoms with Crippen LogP contribution in [0.5, 0.6) is 0 Å². The van der Waals surface area contributed by atoms with Crippen LogP contribution in [0.15, 0.2) is 18.2 Å². The minimum atomic E-state index is -0.162. The quantitative estimate of drug-likeness (QED) is 0.891. The molecule has 0 saturated carbocycles. The topological polar surface area (TPSA) is 29.3 Å². The van der Waals surface area contributed by atoms with E-state index in [9.17, 15) is 4.39 Å². The van der Waals surface area contributed by atoms with E-state index in [4.69, 9.17) is 5.73 Å². The van der Waals surface area contributed by atoms with Crippen LogP contribution < -0.4 is 5.73 Å². The van der Waals surface area contributed by atoms with Gasteiger partial charge in [0.15, 0.2) is 0 Å². The lowest BCUT2D eigenvalue weighted by Crippen LogP contribution is -2.40. The third-order valence-corrected chi connectivity index (χ3v) is 4.61. The van der Waals surface area contributed by atoms with Crippen molar-refractivity contribution in [3.63, 3.8) is 0 Å². The Morgan fingerprint density at radius 3 is 2.65 bits per heavy atom. The van der Waals surface area contributed by atoms with Crippen LogP contribution in [0, 0.1) is 18.7 Å². The smallest absolute Gasteiger partial charge is 0.123 e. The molecule has 1 aromatic carbocycles. The summed E-state index contributed by atoms with van der Waals surface area (Å²) in [5.74, 6) is 0.702. The lowest BCUT2D eigenvalue weighted by atomic mass is 9.90. The first kappa shape index (κ1) is 15.5. The molecule has 0 radical (unpaired) electrons. The second-order valence-corrected chi connectivity index (χ2v) is 6.02. The van der Waals surface area contributed by atoms with Crippen LogP contribution in [0.3, 0.4) is 0 Å². The van der Waals surface area contributed by atoms with Gasteiger partial charge in [0.25, 0.3) is 0 Å². The van der Waals surface area contributed by atoms with Crippen molar-refractivity contribution in [2.45, 2.75) is 45.6 Å². The summed E-state index contributed by atoms with van der Waals surface area (Å²) in [6.07, 6.45) is 5.10. The number of piperidine rings is 1. The molecule has 0 amide bonds. The van der Waals surface area contributed by atoms with Crippen molar-refractivity contribution in [1.29, 1.82) is 0 Å². The lowest BCUT2D eigenvalue weighted by Gasteiger charge is -2.38. The molecule has 1 atom stereocenters. The van der Waals surface area contributed by atoms with E-state index in [0.717, 1.165) is 30.1 Å². The van der Waals surface area contributed by atoms with Crippen LogP contribution in [0.1, 0.15) is 49.8 Å². The molecule has 0 bridgehead atoms. The summed E-state index contributed by atoms with van der Waals surface area (Å²) in [5, 5.41) is 0. The number of hydrogen-bond donors (Lipinski definition) is 1. The second-order valence-electron chi connectivity index (χ2n) is 6.02. The van der Waals surface area contributed by atoms with E-state index in [1.54, 1.807) is 6.07 Å². The van der Waals surface area contributed by atoms with E-state index in [1.165, 1.54) is 31.7 Å². The van der Waals surface area contributed by atoms with Gasteiger partial charge in [0.05, 0.1) is 0 Å². The average molecular weight is 278 g/mol. The molecule has 0 spiro atoms. The van der Waals surface area contributed by atoms with E-state index in [2.05, 4.69) is 11.8 Å². The molecule has 1 unspecified atom stereocenters. The first-order chi connectivity index (χ1) is 9.65. The Balaban J connectivity index is 2.07. The number of nitrogens with two attached hydrogens (primary N) is 1. The van der Waals surface area contributed by atoms with Gasteiger partial charge in [-0.15, -0.1) is 0 Å². The highest BCUT2D eigenvalue weighted by atomic mass is 19.1. The van der Waals surface area contributed by atoms with Crippen LogP contribution in [-0.4, -0.2) is 24.5 Å². The van der Waals surface area contributed by atoms with Crippen molar-refractivity contribution in [2.75, 3.05) is 19.6 Å². The maximum Gasteiger partial charge on any atom is 0.123 e. The predicted molar refractivity (Wildman–Crippen MR) is 82.1 cm³/mol. The monoisotopic (exact) mass is 278 g/mol. The van der Waals surface area contributed by atoms with E-state index in [1.807, 2.05) is 13.0 Å². The summed E-state index contributed by atoms with van der Waals surface area (Å²) < 4.78 is 13.5. The van der Waals surface area contributed by atoms with Crippen molar-refractivity contribution in [3.8, 4) is 0 Å². The van der Waals surface area contributed by atoms with Crippen LogP contribution in [0.4, 0.5) is 4.39 Å². The number of likely N-dealkylation sites (tertiary alicyclic amines) is 1. The van der Waals surface area contributed by atoms with E-state index in [-0.39, 0.29) is 11.9 Å². The van der Waals surface area contributed by atoms with Gasteiger partial charge in [0.1, 0.15) is 5.82 Å². The van der Waals surface area contributed by atoms with E-state index >= 15 is 0 Å². The molecule has 20 heavy (non-hydrogen) atoms. The zero-order valence-electron chi connectivity index (χ0n) is 12.7. The number of nitrogens with zero attached hydrogens (tertiary/aromatic N) is 1. The number of rotatable bonds is 5. The maximum atomic E-state index is 13.5. The standard InChI is InChI=1S/C17H27FN2/c1-3-4-14-7-9-20(10-8-14)17(12-19)16-11-15(18)6-5-13(16)2/h5-6,11,14,17H,3-4,7-10,12,19H2,1-2H3. The van der Waals surface area contributed by atoms with E-state index in [0.29, 0.717) is 6.54 Å². The summed E-state index contributed by atoms with van der Waals surface area (Å²) in [4.78, 5) is 2.44. The summed E-state index contributed by atoms with van der Waals surface area (Å²) in [5.41, 5.74) is 8.18. The van der Waals surface area contributed by atoms with Gasteiger partial charge >= 0.3 is 0 Å². The molecule has 1 fully saturated rings. The molecular weight excluding hydrogens is 251 g/mol. The fourth-order valence-electron chi connectivity index (χ4n) is 3.40. The van der Waals surface area contributed by atoms with Crippen molar-refractivity contribution in [3.05, 3.63) is 35.1 Å². The highest BCUT2D eigenvalue weighted by Gasteiger charge is 2.26. The Kier molecular flexibility index (Phi) is 5.55. The molecule has 1 heterocycles. The highest BCUT2D eigenvalue weighted by Crippen LogP contribution is 2.30. The average Bonchev–Trinajstić information content (AvgIpc) is 2.45. The SMILES string of the molecule is CCCC1CCN(C(CN)c2cc(F)ccc2C)CC1. The van der Waals surface area contributed by atoms with Gasteiger partial charge in [-0.2, -0.15) is 0 Å². The van der Waals surface area contributed by atoms with Crippen LogP contribution in [-0.2, 0) is 0 Å². The lowest BCUT2D eigenvalue weighted by molar-refractivity contribution is 0.131. The molecule has 2 nitrogen and oxygen atoms in total. The Labute approximate surface area is 122 Å². The Morgan fingerprint density at radius 2 is 2.05 bits per heavy atom. The van der Waals surface area contributed by atoms with Crippen molar-refractivity contribution < 1.29 is 4.39 Å². The van der Waals surface area contributed by atoms with Gasteiger partial charge < -0.3 is 5.73 Å². The van der Waals surface area contributed by atoms with E-state index < -0.39 is 0 Å². The third kappa shape index (κ3) is 3.58. The first-order valence-electron chi connectivity index (χ1n) is 7.85. The van der Waals surface area contributed by atoms with Gasteiger partial charge in [-0.3, -0.25) is 4.90 Å². The Hall–Kier alpha value is -0.930. The van der Waals surface area contributed by atoms with Gasteiger partial charge in [-0.25, -0.2) is 4.39 Å². The molecule has 2 N–H and O–H groups in total. The number of halogens is 1. The molecule has 1 saturated heterocycles. The first-order valence-corrected chi connectivity index (χ1v) is 7.85. The molecule has 0 aliphatic carbocycles. The Bertz CT molecular complexity index is 425. The fourth-order valence-corrected chi connectivity index (χ4v) is 3.40. The fraction of sp³-hybridized carbons (Fsp3) is 0.647. The summed E-state index contributed by atoms with van der Waals surface area (Å²) in [6.45, 7) is 7.03. The Morgan fingerprint density at radius 1 is 1.35 bits per heavy atom. The summed E-state index contributed by atoms with van der Waals surface area (Å²) in [6, 6.07) is 5.20. The molecule has 0 aromatic heterocycles. The third-order valence-electron chi connectivity index (χ3n) is 4.61. The predicted octanol–water partition coefficient (Wildman–Crippen LogP) is 3.65. The van der Waals surface area contributed by atoms with Crippen molar-refractivity contribution in [2.24, 2.45) is 11.7 Å². The number of benzene rings is 1. The molecule has 112 valence electrons. The zero-order chi connectivity index (χ0) is 14.5. The van der Waals surface area contributed by atoms with Gasteiger partial charge in [0.2, 0.25) is 0 Å². The van der Waals surface area contributed by atoms with Crippen molar-refractivity contribution in [1.82, 2.24) is 4.90 Å². The normalized spacial score (nSPS) is 19.2.